The average Bonchev–Trinajstić information content (AvgIpc) is 2.76. The highest BCUT2D eigenvalue weighted by Gasteiger charge is 2.37. The van der Waals surface area contributed by atoms with E-state index >= 15 is 0 Å². The van der Waals surface area contributed by atoms with Crippen LogP contribution in [0, 0.1) is 0 Å². The fourth-order valence-electron chi connectivity index (χ4n) is 3.39. The van der Waals surface area contributed by atoms with Gasteiger partial charge in [-0.25, -0.2) is 0 Å². The average molecular weight is 370 g/mol. The second kappa shape index (κ2) is 7.58. The normalized spacial score (nSPS) is 14.7. The van der Waals surface area contributed by atoms with Gasteiger partial charge in [0.25, 0.3) is 0 Å². The van der Waals surface area contributed by atoms with Crippen molar-refractivity contribution in [2.45, 2.75) is 12.6 Å². The third-order valence-corrected chi connectivity index (χ3v) is 4.77. The van der Waals surface area contributed by atoms with E-state index < -0.39 is 17.6 Å². The first-order valence-corrected chi connectivity index (χ1v) is 8.96. The zero-order valence-corrected chi connectivity index (χ0v) is 15.0. The van der Waals surface area contributed by atoms with Crippen LogP contribution < -0.4 is 5.32 Å². The molecule has 138 valence electrons. The summed E-state index contributed by atoms with van der Waals surface area (Å²) < 4.78 is 0. The van der Waals surface area contributed by atoms with Gasteiger partial charge in [0.15, 0.2) is 0 Å². The van der Waals surface area contributed by atoms with Gasteiger partial charge in [0.1, 0.15) is 5.76 Å². The number of rotatable bonds is 5. The number of nitrogens with zero attached hydrogens (tertiary/aromatic N) is 1. The Morgan fingerprint density at radius 3 is 2.21 bits per heavy atom. The highest BCUT2D eigenvalue weighted by Crippen LogP contribution is 2.35. The van der Waals surface area contributed by atoms with E-state index in [0.717, 1.165) is 11.3 Å². The van der Waals surface area contributed by atoms with Crippen LogP contribution in [0.15, 0.2) is 84.6 Å². The summed E-state index contributed by atoms with van der Waals surface area (Å²) in [5.41, 5.74) is 2.23. The Morgan fingerprint density at radius 2 is 1.50 bits per heavy atom. The second-order valence-corrected chi connectivity index (χ2v) is 6.51. The minimum Gasteiger partial charge on any atom is -0.507 e. The predicted octanol–water partition coefficient (Wildman–Crippen LogP) is 3.65. The Labute approximate surface area is 162 Å². The number of Topliss-reactive ketones (excluding diaryl/α,β-unsaturated/α-hetero) is 2. The molecule has 1 unspecified atom stereocenters. The van der Waals surface area contributed by atoms with E-state index in [-0.39, 0.29) is 16.9 Å². The molecule has 1 aromatic heterocycles. The maximum Gasteiger partial charge on any atom is 0.235 e. The highest BCUT2D eigenvalue weighted by atomic mass is 16.3. The Bertz CT molecular complexity index is 1060. The third-order valence-electron chi connectivity index (χ3n) is 4.77. The van der Waals surface area contributed by atoms with Crippen molar-refractivity contribution in [3.05, 3.63) is 107 Å². The fraction of sp³-hybridized carbons (Fsp3) is 0.0870. The molecule has 5 heteroatoms. The summed E-state index contributed by atoms with van der Waals surface area (Å²) in [7, 11) is 0. The number of hydrogen-bond donors (Lipinski definition) is 2. The van der Waals surface area contributed by atoms with Crippen LogP contribution in [0.25, 0.3) is 5.76 Å². The van der Waals surface area contributed by atoms with Crippen LogP contribution in [-0.4, -0.2) is 21.7 Å². The molecule has 0 amide bonds. The molecular formula is C23H18N2O3. The monoisotopic (exact) mass is 370 g/mol. The molecule has 4 rings (SSSR count). The summed E-state index contributed by atoms with van der Waals surface area (Å²) in [4.78, 5) is 29.8. The van der Waals surface area contributed by atoms with Gasteiger partial charge in [-0.15, -0.1) is 0 Å². The van der Waals surface area contributed by atoms with Crippen molar-refractivity contribution in [1.29, 1.82) is 0 Å². The van der Waals surface area contributed by atoms with Crippen LogP contribution in [-0.2, 0) is 11.3 Å². The van der Waals surface area contributed by atoms with Gasteiger partial charge >= 0.3 is 0 Å². The van der Waals surface area contributed by atoms with Gasteiger partial charge in [-0.05, 0) is 17.7 Å². The fourth-order valence-corrected chi connectivity index (χ4v) is 3.39. The third kappa shape index (κ3) is 3.23. The molecule has 0 bridgehead atoms. The lowest BCUT2D eigenvalue weighted by atomic mass is 9.83. The first-order valence-electron chi connectivity index (χ1n) is 8.96. The number of aromatic nitrogens is 1. The SMILES string of the molecule is O=C1C(=O)c2ccccc2C(O)=C1C(NCc1ccccn1)c1ccccc1. The lowest BCUT2D eigenvalue weighted by Crippen LogP contribution is -2.33. The van der Waals surface area contributed by atoms with E-state index in [1.54, 1.807) is 30.5 Å². The van der Waals surface area contributed by atoms with E-state index in [1.807, 2.05) is 48.5 Å². The van der Waals surface area contributed by atoms with E-state index in [2.05, 4.69) is 10.3 Å². The van der Waals surface area contributed by atoms with E-state index in [0.29, 0.717) is 12.1 Å². The smallest absolute Gasteiger partial charge is 0.235 e. The molecule has 28 heavy (non-hydrogen) atoms. The Kier molecular flexibility index (Phi) is 4.83. The molecule has 0 spiro atoms. The molecule has 1 heterocycles. The number of fused-ring (bicyclic) bond motifs is 1. The zero-order chi connectivity index (χ0) is 19.5. The van der Waals surface area contributed by atoms with E-state index in [9.17, 15) is 14.7 Å². The molecule has 0 fully saturated rings. The van der Waals surface area contributed by atoms with Gasteiger partial charge < -0.3 is 10.4 Å². The van der Waals surface area contributed by atoms with Crippen LogP contribution in [0.1, 0.15) is 33.2 Å². The lowest BCUT2D eigenvalue weighted by Gasteiger charge is -2.26. The van der Waals surface area contributed by atoms with Crippen molar-refractivity contribution >= 4 is 17.3 Å². The van der Waals surface area contributed by atoms with Gasteiger partial charge in [-0.1, -0.05) is 60.7 Å². The maximum absolute atomic E-state index is 12.9. The van der Waals surface area contributed by atoms with Crippen LogP contribution in [0.5, 0.6) is 0 Å². The molecule has 0 aliphatic heterocycles. The number of aliphatic hydroxyl groups excluding tert-OH is 1. The summed E-state index contributed by atoms with van der Waals surface area (Å²) in [5, 5.41) is 14.2. The van der Waals surface area contributed by atoms with Crippen molar-refractivity contribution in [1.82, 2.24) is 10.3 Å². The zero-order valence-electron chi connectivity index (χ0n) is 15.0. The molecule has 1 aliphatic carbocycles. The van der Waals surface area contributed by atoms with Gasteiger partial charge in [0, 0.05) is 23.9 Å². The van der Waals surface area contributed by atoms with Gasteiger partial charge in [0.05, 0.1) is 17.3 Å². The first kappa shape index (κ1) is 17.8. The van der Waals surface area contributed by atoms with Crippen molar-refractivity contribution < 1.29 is 14.7 Å². The number of carbonyl (C=O) groups is 2. The number of carbonyl (C=O) groups excluding carboxylic acids is 2. The first-order chi connectivity index (χ1) is 13.7. The molecule has 3 aromatic rings. The van der Waals surface area contributed by atoms with Crippen LogP contribution in [0.4, 0.5) is 0 Å². The van der Waals surface area contributed by atoms with Crippen molar-refractivity contribution in [2.75, 3.05) is 0 Å². The molecule has 2 aromatic carbocycles. The number of hydrogen-bond acceptors (Lipinski definition) is 5. The van der Waals surface area contributed by atoms with E-state index in [1.165, 1.54) is 0 Å². The maximum atomic E-state index is 12.9. The molecule has 0 saturated heterocycles. The second-order valence-electron chi connectivity index (χ2n) is 6.51. The minimum atomic E-state index is -0.696. The number of aliphatic hydroxyl groups is 1. The van der Waals surface area contributed by atoms with E-state index in [4.69, 9.17) is 0 Å². The number of pyridine rings is 1. The molecule has 1 aliphatic rings. The van der Waals surface area contributed by atoms with Crippen molar-refractivity contribution in [3.8, 4) is 0 Å². The highest BCUT2D eigenvalue weighted by molar-refractivity contribution is 6.52. The summed E-state index contributed by atoms with van der Waals surface area (Å²) in [6, 6.07) is 20.8. The Hall–Kier alpha value is -3.57. The number of benzene rings is 2. The van der Waals surface area contributed by atoms with Crippen molar-refractivity contribution in [2.24, 2.45) is 0 Å². The van der Waals surface area contributed by atoms with Gasteiger partial charge in [-0.2, -0.15) is 0 Å². The molecule has 2 N–H and O–H groups in total. The summed E-state index contributed by atoms with van der Waals surface area (Å²) in [6.07, 6.45) is 1.69. The topological polar surface area (TPSA) is 79.3 Å². The predicted molar refractivity (Wildman–Crippen MR) is 106 cm³/mol. The minimum absolute atomic E-state index is 0.0610. The summed E-state index contributed by atoms with van der Waals surface area (Å²) in [5.74, 6) is -1.47. The number of ketones is 2. The Morgan fingerprint density at radius 1 is 0.821 bits per heavy atom. The van der Waals surface area contributed by atoms with Gasteiger partial charge in [-0.3, -0.25) is 14.6 Å². The Balaban J connectivity index is 1.79. The molecular weight excluding hydrogens is 352 g/mol. The number of nitrogens with one attached hydrogen (secondary N) is 1. The molecule has 0 saturated carbocycles. The molecule has 5 nitrogen and oxygen atoms in total. The molecule has 1 atom stereocenters. The summed E-state index contributed by atoms with van der Waals surface area (Å²) >= 11 is 0. The molecule has 0 radical (unpaired) electrons. The van der Waals surface area contributed by atoms with Gasteiger partial charge in [0.2, 0.25) is 11.6 Å². The van der Waals surface area contributed by atoms with Crippen LogP contribution in [0.2, 0.25) is 0 Å². The van der Waals surface area contributed by atoms with Crippen LogP contribution in [0.3, 0.4) is 0 Å². The standard InChI is InChI=1S/C23H18N2O3/c26-21-17-11-4-5-12-18(17)22(27)23(28)19(21)20(15-8-2-1-3-9-15)25-14-16-10-6-7-13-24-16/h1-13,20,25-26H,14H2. The lowest BCUT2D eigenvalue weighted by molar-refractivity contribution is -0.112. The van der Waals surface area contributed by atoms with Crippen molar-refractivity contribution in [3.63, 3.8) is 0 Å². The quantitative estimate of drug-likeness (QED) is 0.670. The van der Waals surface area contributed by atoms with Crippen LogP contribution >= 0.6 is 0 Å². The largest absolute Gasteiger partial charge is 0.507 e. The summed E-state index contributed by atoms with van der Waals surface area (Å²) in [6.45, 7) is 0.375.